The van der Waals surface area contributed by atoms with Crippen LogP contribution in [0.2, 0.25) is 0 Å². The lowest BCUT2D eigenvalue weighted by atomic mass is 10.2. The first-order chi connectivity index (χ1) is 18.0. The van der Waals surface area contributed by atoms with Crippen molar-refractivity contribution in [1.29, 1.82) is 0 Å². The third kappa shape index (κ3) is 6.17. The van der Waals surface area contributed by atoms with Gasteiger partial charge in [0, 0.05) is 26.2 Å². The second-order valence-corrected chi connectivity index (χ2v) is 13.0. The van der Waals surface area contributed by atoms with E-state index in [0.717, 1.165) is 16.1 Å². The van der Waals surface area contributed by atoms with Gasteiger partial charge in [-0.2, -0.15) is 4.31 Å². The summed E-state index contributed by atoms with van der Waals surface area (Å²) in [5.74, 6) is 0.776. The summed E-state index contributed by atoms with van der Waals surface area (Å²) in [5, 5.41) is 0. The van der Waals surface area contributed by atoms with Crippen LogP contribution in [0.25, 0.3) is 0 Å². The number of para-hydroxylation sites is 1. The molecule has 1 saturated heterocycles. The van der Waals surface area contributed by atoms with Crippen molar-refractivity contribution in [2.24, 2.45) is 0 Å². The largest absolute Gasteiger partial charge is 0.457 e. The van der Waals surface area contributed by atoms with Crippen molar-refractivity contribution in [2.75, 3.05) is 36.7 Å². The average Bonchev–Trinajstić information content (AvgIpc) is 2.89. The Balaban J connectivity index is 1.45. The molecule has 1 amide bonds. The van der Waals surface area contributed by atoms with Crippen LogP contribution in [-0.4, -0.2) is 70.4 Å². The van der Waals surface area contributed by atoms with Gasteiger partial charge in [-0.1, -0.05) is 35.9 Å². The fourth-order valence-electron chi connectivity index (χ4n) is 4.36. The monoisotopic (exact) mass is 557 g/mol. The minimum Gasteiger partial charge on any atom is -0.457 e. The molecule has 38 heavy (non-hydrogen) atoms. The number of hydrogen-bond acceptors (Lipinski definition) is 6. The Labute approximate surface area is 224 Å². The number of benzene rings is 3. The number of rotatable bonds is 8. The van der Waals surface area contributed by atoms with E-state index < -0.39 is 32.0 Å². The molecule has 0 N–H and O–H groups in total. The average molecular weight is 558 g/mol. The van der Waals surface area contributed by atoms with Crippen LogP contribution in [0.5, 0.6) is 11.5 Å². The summed E-state index contributed by atoms with van der Waals surface area (Å²) in [4.78, 5) is 15.1. The van der Waals surface area contributed by atoms with Crippen LogP contribution in [0.3, 0.4) is 0 Å². The first kappa shape index (κ1) is 27.6. The standard InChI is InChI=1S/C27H31N3O6S2/c1-21-9-15-26(16-10-21)38(34,35)29-19-17-28(18-20-29)27(31)22(2)30(37(3,32)33)23-11-13-25(14-12-23)36-24-7-5-4-6-8-24/h4-16,22H,17-20H2,1-3H3/t22-/m1/s1. The van der Waals surface area contributed by atoms with E-state index in [-0.39, 0.29) is 31.1 Å². The molecule has 0 saturated carbocycles. The zero-order chi connectivity index (χ0) is 27.5. The fourth-order valence-corrected chi connectivity index (χ4v) is 6.95. The number of anilines is 1. The number of sulfonamides is 2. The van der Waals surface area contributed by atoms with Crippen molar-refractivity contribution in [3.8, 4) is 11.5 Å². The quantitative estimate of drug-likeness (QED) is 0.420. The maximum absolute atomic E-state index is 13.4. The Morgan fingerprint density at radius 2 is 1.37 bits per heavy atom. The molecule has 1 aliphatic rings. The molecular formula is C27H31N3O6S2. The van der Waals surface area contributed by atoms with Gasteiger partial charge in [0.25, 0.3) is 0 Å². The van der Waals surface area contributed by atoms with Crippen molar-refractivity contribution < 1.29 is 26.4 Å². The molecule has 0 aromatic heterocycles. The van der Waals surface area contributed by atoms with Gasteiger partial charge in [0.1, 0.15) is 17.5 Å². The number of amides is 1. The van der Waals surface area contributed by atoms with Gasteiger partial charge in [0.05, 0.1) is 16.8 Å². The second kappa shape index (κ2) is 11.1. The lowest BCUT2D eigenvalue weighted by Gasteiger charge is -2.37. The van der Waals surface area contributed by atoms with E-state index in [1.54, 1.807) is 48.5 Å². The molecule has 1 heterocycles. The van der Waals surface area contributed by atoms with Crippen molar-refractivity contribution >= 4 is 31.6 Å². The summed E-state index contributed by atoms with van der Waals surface area (Å²) in [7, 11) is -7.49. The third-order valence-corrected chi connectivity index (χ3v) is 9.50. The SMILES string of the molecule is Cc1ccc(S(=O)(=O)N2CCN(C(=O)[C@@H](C)N(c3ccc(Oc4ccccc4)cc3)S(C)(=O)=O)CC2)cc1. The highest BCUT2D eigenvalue weighted by Crippen LogP contribution is 2.28. The Bertz CT molecular complexity index is 1470. The van der Waals surface area contributed by atoms with E-state index in [4.69, 9.17) is 4.74 Å². The molecule has 0 aliphatic carbocycles. The summed E-state index contributed by atoms with van der Waals surface area (Å²) in [6.07, 6.45) is 1.05. The minimum absolute atomic E-state index is 0.124. The Morgan fingerprint density at radius 3 is 1.92 bits per heavy atom. The predicted octanol–water partition coefficient (Wildman–Crippen LogP) is 3.47. The van der Waals surface area contributed by atoms with Gasteiger partial charge in [-0.3, -0.25) is 9.10 Å². The van der Waals surface area contributed by atoms with Gasteiger partial charge in [0.2, 0.25) is 26.0 Å². The molecule has 1 fully saturated rings. The highest BCUT2D eigenvalue weighted by Gasteiger charge is 2.35. The van der Waals surface area contributed by atoms with Gasteiger partial charge in [-0.05, 0) is 62.4 Å². The molecule has 0 unspecified atom stereocenters. The maximum Gasteiger partial charge on any atom is 0.246 e. The van der Waals surface area contributed by atoms with Crippen LogP contribution in [-0.2, 0) is 24.8 Å². The zero-order valence-electron chi connectivity index (χ0n) is 21.5. The molecule has 0 radical (unpaired) electrons. The zero-order valence-corrected chi connectivity index (χ0v) is 23.2. The van der Waals surface area contributed by atoms with E-state index in [0.29, 0.717) is 17.2 Å². The van der Waals surface area contributed by atoms with Crippen molar-refractivity contribution in [3.63, 3.8) is 0 Å². The number of nitrogens with zero attached hydrogens (tertiary/aromatic N) is 3. The summed E-state index contributed by atoms with van der Waals surface area (Å²) < 4.78 is 59.7. The van der Waals surface area contributed by atoms with E-state index in [1.165, 1.54) is 16.1 Å². The highest BCUT2D eigenvalue weighted by atomic mass is 32.2. The molecular weight excluding hydrogens is 526 g/mol. The first-order valence-corrected chi connectivity index (χ1v) is 15.4. The van der Waals surface area contributed by atoms with E-state index in [1.807, 2.05) is 37.3 Å². The molecule has 4 rings (SSSR count). The minimum atomic E-state index is -3.81. The number of carbonyl (C=O) groups is 1. The smallest absolute Gasteiger partial charge is 0.246 e. The summed E-state index contributed by atoms with van der Waals surface area (Å²) in [5.41, 5.74) is 1.29. The van der Waals surface area contributed by atoms with Crippen LogP contribution < -0.4 is 9.04 Å². The van der Waals surface area contributed by atoms with Gasteiger partial charge >= 0.3 is 0 Å². The Morgan fingerprint density at radius 1 is 0.816 bits per heavy atom. The molecule has 202 valence electrons. The molecule has 9 nitrogen and oxygen atoms in total. The Hall–Kier alpha value is -3.41. The molecule has 0 bridgehead atoms. The number of hydrogen-bond donors (Lipinski definition) is 0. The third-order valence-electron chi connectivity index (χ3n) is 6.35. The van der Waals surface area contributed by atoms with Crippen molar-refractivity contribution in [1.82, 2.24) is 9.21 Å². The van der Waals surface area contributed by atoms with Gasteiger partial charge in [-0.25, -0.2) is 16.8 Å². The van der Waals surface area contributed by atoms with Crippen LogP contribution >= 0.6 is 0 Å². The number of piperazine rings is 1. The molecule has 1 aliphatic heterocycles. The fraction of sp³-hybridized carbons (Fsp3) is 0.296. The Kier molecular flexibility index (Phi) is 8.10. The summed E-state index contributed by atoms with van der Waals surface area (Å²) >= 11 is 0. The second-order valence-electron chi connectivity index (χ2n) is 9.19. The van der Waals surface area contributed by atoms with Gasteiger partial charge in [0.15, 0.2) is 0 Å². The predicted molar refractivity (Wildman–Crippen MR) is 146 cm³/mol. The van der Waals surface area contributed by atoms with Gasteiger partial charge < -0.3 is 9.64 Å². The first-order valence-electron chi connectivity index (χ1n) is 12.1. The normalized spacial score (nSPS) is 15.6. The number of ether oxygens (including phenoxy) is 1. The van der Waals surface area contributed by atoms with E-state index in [9.17, 15) is 21.6 Å². The van der Waals surface area contributed by atoms with Crippen molar-refractivity contribution in [2.45, 2.75) is 24.8 Å². The van der Waals surface area contributed by atoms with Crippen LogP contribution in [0.1, 0.15) is 12.5 Å². The topological polar surface area (TPSA) is 104 Å². The lowest BCUT2D eigenvalue weighted by molar-refractivity contribution is -0.133. The molecule has 3 aromatic carbocycles. The molecule has 0 spiro atoms. The van der Waals surface area contributed by atoms with Crippen molar-refractivity contribution in [3.05, 3.63) is 84.4 Å². The van der Waals surface area contributed by atoms with Gasteiger partial charge in [-0.15, -0.1) is 0 Å². The molecule has 11 heteroatoms. The number of aryl methyl sites for hydroxylation is 1. The molecule has 3 aromatic rings. The van der Waals surface area contributed by atoms with Crippen LogP contribution in [0, 0.1) is 6.92 Å². The number of carbonyl (C=O) groups excluding carboxylic acids is 1. The summed E-state index contributed by atoms with van der Waals surface area (Å²) in [6.45, 7) is 3.99. The summed E-state index contributed by atoms with van der Waals surface area (Å²) in [6, 6.07) is 21.3. The maximum atomic E-state index is 13.4. The van der Waals surface area contributed by atoms with Crippen LogP contribution in [0.4, 0.5) is 5.69 Å². The van der Waals surface area contributed by atoms with E-state index in [2.05, 4.69) is 0 Å². The molecule has 1 atom stereocenters. The van der Waals surface area contributed by atoms with Crippen LogP contribution in [0.15, 0.2) is 83.8 Å². The van der Waals surface area contributed by atoms with E-state index >= 15 is 0 Å². The highest BCUT2D eigenvalue weighted by molar-refractivity contribution is 7.92. The lowest BCUT2D eigenvalue weighted by Crippen LogP contribution is -2.56.